The van der Waals surface area contributed by atoms with E-state index in [9.17, 15) is 4.79 Å². The van der Waals surface area contributed by atoms with Gasteiger partial charge in [0, 0.05) is 5.41 Å². The summed E-state index contributed by atoms with van der Waals surface area (Å²) >= 11 is 5.93. The summed E-state index contributed by atoms with van der Waals surface area (Å²) < 4.78 is 4.95. The van der Waals surface area contributed by atoms with E-state index in [-0.39, 0.29) is 17.5 Å². The summed E-state index contributed by atoms with van der Waals surface area (Å²) in [6, 6.07) is 0. The van der Waals surface area contributed by atoms with Gasteiger partial charge in [0.1, 0.15) is 6.10 Å². The van der Waals surface area contributed by atoms with Crippen molar-refractivity contribution in [2.24, 2.45) is 5.41 Å². The number of cyclic esters (lactones) is 1. The number of carbonyl (C=O) groups is 1. The minimum atomic E-state index is -0.807. The summed E-state index contributed by atoms with van der Waals surface area (Å²) in [5, 5.41) is 0. The van der Waals surface area contributed by atoms with E-state index in [1.54, 1.807) is 6.92 Å². The smallest absolute Gasteiger partial charge is 0.331 e. The lowest BCUT2D eigenvalue weighted by atomic mass is 9.78. The van der Waals surface area contributed by atoms with Crippen LogP contribution in [0.3, 0.4) is 0 Å². The molecule has 1 aliphatic heterocycles. The summed E-state index contributed by atoms with van der Waals surface area (Å²) in [5.41, 5.74) is -0.0651. The number of halogens is 1. The molecule has 0 amide bonds. The molecule has 1 aliphatic rings. The van der Waals surface area contributed by atoms with Gasteiger partial charge in [-0.1, -0.05) is 20.8 Å². The lowest BCUT2D eigenvalue weighted by Gasteiger charge is -2.46. The normalized spacial score (nSPS) is 37.9. The van der Waals surface area contributed by atoms with Crippen LogP contribution in [0.1, 0.15) is 27.7 Å². The van der Waals surface area contributed by atoms with Crippen molar-refractivity contribution in [3.8, 4) is 0 Å². The Morgan fingerprint density at radius 1 is 1.55 bits per heavy atom. The molecule has 3 heteroatoms. The van der Waals surface area contributed by atoms with Gasteiger partial charge in [-0.05, 0) is 6.92 Å². The molecule has 0 aromatic heterocycles. The highest BCUT2D eigenvalue weighted by Gasteiger charge is 2.58. The maximum atomic E-state index is 10.9. The molecule has 1 fully saturated rings. The number of rotatable bonds is 0. The van der Waals surface area contributed by atoms with E-state index < -0.39 is 4.87 Å². The highest BCUT2D eigenvalue weighted by molar-refractivity contribution is 6.36. The second-order valence-corrected chi connectivity index (χ2v) is 5.01. The molecule has 0 aliphatic carbocycles. The third kappa shape index (κ3) is 1.24. The number of hydrogen-bond donors (Lipinski definition) is 0. The molecular formula is C8H13ClO2. The monoisotopic (exact) mass is 176 g/mol. The Morgan fingerprint density at radius 2 is 2.00 bits per heavy atom. The van der Waals surface area contributed by atoms with Crippen molar-refractivity contribution in [2.75, 3.05) is 0 Å². The van der Waals surface area contributed by atoms with Gasteiger partial charge in [0.15, 0.2) is 4.87 Å². The van der Waals surface area contributed by atoms with E-state index in [1.165, 1.54) is 0 Å². The first-order chi connectivity index (χ1) is 4.76. The molecule has 0 radical (unpaired) electrons. The molecule has 1 saturated heterocycles. The maximum Gasteiger partial charge on any atom is 0.331 e. The quantitative estimate of drug-likeness (QED) is 0.417. The van der Waals surface area contributed by atoms with Gasteiger partial charge in [0.25, 0.3) is 0 Å². The average Bonchev–Trinajstić information content (AvgIpc) is 1.80. The van der Waals surface area contributed by atoms with Gasteiger partial charge >= 0.3 is 5.97 Å². The average molecular weight is 177 g/mol. The molecular weight excluding hydrogens is 164 g/mol. The van der Waals surface area contributed by atoms with E-state index in [1.807, 2.05) is 20.8 Å². The van der Waals surface area contributed by atoms with Crippen molar-refractivity contribution in [3.63, 3.8) is 0 Å². The third-order valence-corrected chi connectivity index (χ3v) is 2.26. The Morgan fingerprint density at radius 3 is 2.09 bits per heavy atom. The number of ether oxygens (including phenoxy) is 1. The van der Waals surface area contributed by atoms with Crippen LogP contribution < -0.4 is 0 Å². The van der Waals surface area contributed by atoms with Crippen molar-refractivity contribution < 1.29 is 9.53 Å². The SMILES string of the molecule is CC(C)(C)[C@H]1OC(=O)[C@]1(C)Cl. The van der Waals surface area contributed by atoms with Gasteiger partial charge in [-0.25, -0.2) is 4.79 Å². The molecule has 0 spiro atoms. The fraction of sp³-hybridized carbons (Fsp3) is 0.875. The molecule has 0 aromatic rings. The van der Waals surface area contributed by atoms with E-state index in [4.69, 9.17) is 16.3 Å². The van der Waals surface area contributed by atoms with E-state index in [2.05, 4.69) is 0 Å². The molecule has 0 N–H and O–H groups in total. The molecule has 1 heterocycles. The Balaban J connectivity index is 2.75. The Bertz CT molecular complexity index is 191. The van der Waals surface area contributed by atoms with Crippen LogP contribution in [0.4, 0.5) is 0 Å². The largest absolute Gasteiger partial charge is 0.458 e. The lowest BCUT2D eigenvalue weighted by Crippen LogP contribution is -2.62. The van der Waals surface area contributed by atoms with Crippen molar-refractivity contribution >= 4 is 17.6 Å². The Labute approximate surface area is 71.9 Å². The van der Waals surface area contributed by atoms with Crippen LogP contribution >= 0.6 is 11.6 Å². The highest BCUT2D eigenvalue weighted by atomic mass is 35.5. The summed E-state index contributed by atoms with van der Waals surface area (Å²) in [6.07, 6.45) is -0.163. The standard InChI is InChI=1S/C8H13ClO2/c1-7(2,3)5-8(4,9)6(10)11-5/h5H,1-4H3/t5-,8-/m1/s1. The van der Waals surface area contributed by atoms with Crippen LogP contribution in [0.2, 0.25) is 0 Å². The van der Waals surface area contributed by atoms with Crippen molar-refractivity contribution in [2.45, 2.75) is 38.7 Å². The van der Waals surface area contributed by atoms with Crippen LogP contribution in [-0.4, -0.2) is 16.9 Å². The first-order valence-electron chi connectivity index (χ1n) is 3.66. The zero-order chi connectivity index (χ0) is 8.86. The fourth-order valence-electron chi connectivity index (χ4n) is 1.37. The molecule has 0 saturated carbocycles. The van der Waals surface area contributed by atoms with Crippen LogP contribution in [0.25, 0.3) is 0 Å². The van der Waals surface area contributed by atoms with E-state index >= 15 is 0 Å². The third-order valence-electron chi connectivity index (χ3n) is 1.90. The summed E-state index contributed by atoms with van der Waals surface area (Å²) in [7, 11) is 0. The Kier molecular flexibility index (Phi) is 1.71. The molecule has 0 unspecified atom stereocenters. The van der Waals surface area contributed by atoms with Gasteiger partial charge in [0.2, 0.25) is 0 Å². The van der Waals surface area contributed by atoms with Crippen LogP contribution in [0, 0.1) is 5.41 Å². The van der Waals surface area contributed by atoms with E-state index in [0.29, 0.717) is 0 Å². The van der Waals surface area contributed by atoms with Gasteiger partial charge in [-0.2, -0.15) is 0 Å². The van der Waals surface area contributed by atoms with Crippen molar-refractivity contribution in [1.29, 1.82) is 0 Å². The predicted molar refractivity (Wildman–Crippen MR) is 43.6 cm³/mol. The summed E-state index contributed by atoms with van der Waals surface area (Å²) in [5.74, 6) is -0.306. The second kappa shape index (κ2) is 2.13. The molecule has 0 aromatic carbocycles. The molecule has 0 bridgehead atoms. The van der Waals surface area contributed by atoms with E-state index in [0.717, 1.165) is 0 Å². The predicted octanol–water partition coefficient (Wildman–Crippen LogP) is 1.96. The van der Waals surface area contributed by atoms with Gasteiger partial charge in [-0.15, -0.1) is 11.6 Å². The highest BCUT2D eigenvalue weighted by Crippen LogP contribution is 2.43. The first-order valence-corrected chi connectivity index (χ1v) is 4.04. The number of carbonyl (C=O) groups excluding carboxylic acids is 1. The van der Waals surface area contributed by atoms with Crippen LogP contribution in [0.15, 0.2) is 0 Å². The van der Waals surface area contributed by atoms with Crippen molar-refractivity contribution in [1.82, 2.24) is 0 Å². The zero-order valence-corrected chi connectivity index (χ0v) is 8.03. The lowest BCUT2D eigenvalue weighted by molar-refractivity contribution is -0.190. The fourth-order valence-corrected chi connectivity index (χ4v) is 1.79. The zero-order valence-electron chi connectivity index (χ0n) is 7.27. The second-order valence-electron chi connectivity index (χ2n) is 4.23. The minimum Gasteiger partial charge on any atom is -0.458 e. The van der Waals surface area contributed by atoms with Gasteiger partial charge in [0.05, 0.1) is 0 Å². The molecule has 64 valence electrons. The molecule has 2 nitrogen and oxygen atoms in total. The minimum absolute atomic E-state index is 0.0651. The van der Waals surface area contributed by atoms with Crippen LogP contribution in [-0.2, 0) is 9.53 Å². The summed E-state index contributed by atoms with van der Waals surface area (Å²) in [4.78, 5) is 10.0. The number of alkyl halides is 1. The molecule has 1 rings (SSSR count). The van der Waals surface area contributed by atoms with Crippen LogP contribution in [0.5, 0.6) is 0 Å². The number of hydrogen-bond acceptors (Lipinski definition) is 2. The topological polar surface area (TPSA) is 26.3 Å². The molecule has 11 heavy (non-hydrogen) atoms. The summed E-state index contributed by atoms with van der Waals surface area (Å²) in [6.45, 7) is 7.72. The van der Waals surface area contributed by atoms with Crippen molar-refractivity contribution in [3.05, 3.63) is 0 Å². The first kappa shape index (κ1) is 8.85. The van der Waals surface area contributed by atoms with Gasteiger partial charge < -0.3 is 4.74 Å². The number of esters is 1. The molecule has 2 atom stereocenters. The van der Waals surface area contributed by atoms with Gasteiger partial charge in [-0.3, -0.25) is 0 Å². The maximum absolute atomic E-state index is 10.9. The Hall–Kier alpha value is -0.240.